The van der Waals surface area contributed by atoms with Crippen LogP contribution < -0.4 is 0 Å². The Morgan fingerprint density at radius 2 is 1.85 bits per heavy atom. The van der Waals surface area contributed by atoms with E-state index in [1.807, 2.05) is 11.4 Å². The van der Waals surface area contributed by atoms with Crippen LogP contribution in [0.15, 0.2) is 17.5 Å². The van der Waals surface area contributed by atoms with Crippen molar-refractivity contribution in [3.8, 4) is 0 Å². The number of aryl methyl sites for hydroxylation is 1. The first-order valence-electron chi connectivity index (χ1n) is 8.72. The predicted molar refractivity (Wildman–Crippen MR) is 98.8 cm³/mol. The van der Waals surface area contributed by atoms with E-state index >= 15 is 0 Å². The highest BCUT2D eigenvalue weighted by molar-refractivity contribution is 7.91. The van der Waals surface area contributed by atoms with Gasteiger partial charge in [0.1, 0.15) is 6.61 Å². The van der Waals surface area contributed by atoms with Crippen molar-refractivity contribution < 1.29 is 22.7 Å². The molecule has 2 amide bonds. The minimum Gasteiger partial charge on any atom is -0.375 e. The fourth-order valence-corrected chi connectivity index (χ4v) is 6.52. The Balaban J connectivity index is 1.65. The smallest absolute Gasteiger partial charge is 0.248 e. The first-order chi connectivity index (χ1) is 12.4. The molecule has 2 aliphatic heterocycles. The molecule has 144 valence electrons. The number of sulfone groups is 1. The number of carbonyl (C=O) groups excluding carboxylic acids is 2. The van der Waals surface area contributed by atoms with E-state index in [4.69, 9.17) is 4.74 Å². The molecular formula is C17H24N2O5S2. The second-order valence-corrected chi connectivity index (χ2v) is 9.94. The zero-order valence-corrected chi connectivity index (χ0v) is 16.4. The van der Waals surface area contributed by atoms with Gasteiger partial charge >= 0.3 is 0 Å². The Bertz CT molecular complexity index is 747. The van der Waals surface area contributed by atoms with E-state index in [1.54, 1.807) is 21.1 Å². The third kappa shape index (κ3) is 4.27. The van der Waals surface area contributed by atoms with Crippen LogP contribution in [0.3, 0.4) is 0 Å². The van der Waals surface area contributed by atoms with Gasteiger partial charge in [-0.2, -0.15) is 0 Å². The lowest BCUT2D eigenvalue weighted by atomic mass is 10.0. The molecule has 1 aromatic heterocycles. The van der Waals surface area contributed by atoms with Crippen molar-refractivity contribution in [1.82, 2.24) is 9.80 Å². The van der Waals surface area contributed by atoms with E-state index in [1.165, 1.54) is 12.0 Å². The summed E-state index contributed by atoms with van der Waals surface area (Å²) in [6, 6.07) is 3.14. The maximum Gasteiger partial charge on any atom is 0.248 e. The van der Waals surface area contributed by atoms with Crippen LogP contribution in [-0.4, -0.2) is 80.4 Å². The van der Waals surface area contributed by atoms with Crippen molar-refractivity contribution in [2.45, 2.75) is 31.3 Å². The summed E-state index contributed by atoms with van der Waals surface area (Å²) < 4.78 is 29.2. The molecule has 3 rings (SSSR count). The highest BCUT2D eigenvalue weighted by Crippen LogP contribution is 2.28. The van der Waals surface area contributed by atoms with Gasteiger partial charge in [0.25, 0.3) is 0 Å². The Labute approximate surface area is 157 Å². The Hall–Kier alpha value is -1.45. The fourth-order valence-electron chi connectivity index (χ4n) is 3.79. The molecule has 1 aromatic rings. The van der Waals surface area contributed by atoms with Crippen LogP contribution in [0.2, 0.25) is 0 Å². The molecule has 9 heteroatoms. The molecule has 0 spiro atoms. The SMILES string of the molecule is COCC(=O)N1CCN(C(=O)CCCc2cccs2)[C@@H]2CS(=O)(=O)C[C@@H]21. The first kappa shape index (κ1) is 19.3. The summed E-state index contributed by atoms with van der Waals surface area (Å²) in [6.45, 7) is 0.664. The van der Waals surface area contributed by atoms with Crippen LogP contribution in [0.5, 0.6) is 0 Å². The average molecular weight is 401 g/mol. The second kappa shape index (κ2) is 8.06. The lowest BCUT2D eigenvalue weighted by molar-refractivity contribution is -0.147. The minimum absolute atomic E-state index is 0.0208. The highest BCUT2D eigenvalue weighted by atomic mass is 32.2. The number of thiophene rings is 1. The number of rotatable bonds is 6. The molecule has 0 saturated carbocycles. The quantitative estimate of drug-likeness (QED) is 0.696. The minimum atomic E-state index is -3.26. The number of hydrogen-bond acceptors (Lipinski definition) is 6. The van der Waals surface area contributed by atoms with Gasteiger partial charge in [0.05, 0.1) is 23.6 Å². The van der Waals surface area contributed by atoms with Crippen molar-refractivity contribution in [3.63, 3.8) is 0 Å². The van der Waals surface area contributed by atoms with Gasteiger partial charge in [-0.1, -0.05) is 6.07 Å². The van der Waals surface area contributed by atoms with Gasteiger partial charge < -0.3 is 14.5 Å². The molecule has 0 bridgehead atoms. The molecule has 2 aliphatic rings. The number of methoxy groups -OCH3 is 1. The second-order valence-electron chi connectivity index (χ2n) is 6.75. The molecule has 2 saturated heterocycles. The topological polar surface area (TPSA) is 84.0 Å². The van der Waals surface area contributed by atoms with Crippen molar-refractivity contribution in [2.75, 3.05) is 38.3 Å². The van der Waals surface area contributed by atoms with Crippen LogP contribution in [0.25, 0.3) is 0 Å². The molecule has 2 fully saturated rings. The average Bonchev–Trinajstić information content (AvgIpc) is 3.19. The summed E-state index contributed by atoms with van der Waals surface area (Å²) in [5.41, 5.74) is 0. The zero-order valence-electron chi connectivity index (χ0n) is 14.8. The molecule has 0 unspecified atom stereocenters. The molecule has 26 heavy (non-hydrogen) atoms. The van der Waals surface area contributed by atoms with Gasteiger partial charge in [-0.3, -0.25) is 9.59 Å². The number of fused-ring (bicyclic) bond motifs is 1. The zero-order chi connectivity index (χ0) is 18.7. The highest BCUT2D eigenvalue weighted by Gasteiger charge is 2.49. The van der Waals surface area contributed by atoms with Crippen LogP contribution >= 0.6 is 11.3 Å². The largest absolute Gasteiger partial charge is 0.375 e. The summed E-state index contributed by atoms with van der Waals surface area (Å²) in [6.07, 6.45) is 1.99. The molecule has 7 nitrogen and oxygen atoms in total. The van der Waals surface area contributed by atoms with Crippen molar-refractivity contribution in [2.24, 2.45) is 0 Å². The number of hydrogen-bond donors (Lipinski definition) is 0. The number of amides is 2. The maximum atomic E-state index is 12.7. The van der Waals surface area contributed by atoms with E-state index in [9.17, 15) is 18.0 Å². The monoisotopic (exact) mass is 400 g/mol. The Morgan fingerprint density at radius 1 is 1.19 bits per heavy atom. The van der Waals surface area contributed by atoms with Crippen LogP contribution in [0, 0.1) is 0 Å². The van der Waals surface area contributed by atoms with E-state index in [0.29, 0.717) is 19.5 Å². The van der Waals surface area contributed by atoms with Crippen molar-refractivity contribution in [3.05, 3.63) is 22.4 Å². The number of nitrogens with zero attached hydrogens (tertiary/aromatic N) is 2. The van der Waals surface area contributed by atoms with Gasteiger partial charge in [-0.05, 0) is 24.3 Å². The normalized spacial score (nSPS) is 24.5. The van der Waals surface area contributed by atoms with Crippen molar-refractivity contribution >= 4 is 33.0 Å². The summed E-state index contributed by atoms with van der Waals surface area (Å²) in [7, 11) is -1.82. The molecule has 3 heterocycles. The predicted octanol–water partition coefficient (Wildman–Crippen LogP) is 0.554. The first-order valence-corrected chi connectivity index (χ1v) is 11.4. The number of piperazine rings is 1. The van der Waals surface area contributed by atoms with Gasteiger partial charge in [-0.15, -0.1) is 11.3 Å². The van der Waals surface area contributed by atoms with E-state index < -0.39 is 21.9 Å². The summed E-state index contributed by atoms with van der Waals surface area (Å²) in [5, 5.41) is 2.02. The number of ether oxygens (including phenoxy) is 1. The summed E-state index contributed by atoms with van der Waals surface area (Å²) in [4.78, 5) is 29.4. The number of carbonyl (C=O) groups is 2. The standard InChI is InChI=1S/C17H24N2O5S2/c1-24-10-17(21)19-8-7-18(14-11-26(22,23)12-15(14)19)16(20)6-2-4-13-5-3-9-25-13/h3,5,9,14-15H,2,4,6-8,10-12H2,1H3/t14-,15+/m1/s1. The lowest BCUT2D eigenvalue weighted by Gasteiger charge is -2.43. The molecule has 0 aliphatic carbocycles. The lowest BCUT2D eigenvalue weighted by Crippen LogP contribution is -2.62. The van der Waals surface area contributed by atoms with E-state index in [2.05, 4.69) is 6.07 Å². The third-order valence-electron chi connectivity index (χ3n) is 4.98. The van der Waals surface area contributed by atoms with Gasteiger partial charge in [0.2, 0.25) is 11.8 Å². The van der Waals surface area contributed by atoms with Crippen molar-refractivity contribution in [1.29, 1.82) is 0 Å². The third-order valence-corrected chi connectivity index (χ3v) is 7.61. The maximum absolute atomic E-state index is 12.7. The molecule has 0 aromatic carbocycles. The van der Waals surface area contributed by atoms with E-state index in [0.717, 1.165) is 12.8 Å². The van der Waals surface area contributed by atoms with Gasteiger partial charge in [0, 0.05) is 31.5 Å². The van der Waals surface area contributed by atoms with Crippen LogP contribution in [0.4, 0.5) is 0 Å². The fraction of sp³-hybridized carbons (Fsp3) is 0.647. The van der Waals surface area contributed by atoms with Crippen LogP contribution in [-0.2, 0) is 30.6 Å². The molecule has 0 radical (unpaired) electrons. The summed E-state index contributed by atoms with van der Waals surface area (Å²) >= 11 is 1.67. The van der Waals surface area contributed by atoms with E-state index in [-0.39, 0.29) is 29.9 Å². The van der Waals surface area contributed by atoms with Crippen LogP contribution in [0.1, 0.15) is 17.7 Å². The molecule has 2 atom stereocenters. The van der Waals surface area contributed by atoms with Gasteiger partial charge in [-0.25, -0.2) is 8.42 Å². The Morgan fingerprint density at radius 3 is 2.42 bits per heavy atom. The molecular weight excluding hydrogens is 376 g/mol. The van der Waals surface area contributed by atoms with Gasteiger partial charge in [0.15, 0.2) is 9.84 Å². The molecule has 0 N–H and O–H groups in total. The summed E-state index contributed by atoms with van der Waals surface area (Å²) in [5.74, 6) is -0.381. The Kier molecular flexibility index (Phi) is 5.99.